The summed E-state index contributed by atoms with van der Waals surface area (Å²) in [6.45, 7) is 12.9. The molecule has 0 aliphatic carbocycles. The SMILES string of the molecule is CCCCCCC[PH](=O)[O-].CCCCCCC[PH](=O)[O-].CCCCCCC[PH](=O)[O-].CCCCCCC[PH](=O)[O-].CCCCCCC[PH](=O)[O-].CCCCCCC[PH](=O)[O-].[Mo+6]. The topological polar surface area (TPSA) is 241 Å². The van der Waals surface area contributed by atoms with Crippen LogP contribution in [0.25, 0.3) is 0 Å². The fourth-order valence-electron chi connectivity index (χ4n) is 5.24. The van der Waals surface area contributed by atoms with Gasteiger partial charge in [0.05, 0.1) is 0 Å². The van der Waals surface area contributed by atoms with Crippen molar-refractivity contribution in [2.75, 3.05) is 37.0 Å². The molecule has 6 atom stereocenters. The monoisotopic (exact) mass is 1080 g/mol. The molecule has 0 fully saturated rings. The number of unbranched alkanes of at least 4 members (excludes halogenated alkanes) is 24. The molecule has 0 aromatic rings. The minimum Gasteiger partial charge on any atom is -0.802 e. The van der Waals surface area contributed by atoms with Crippen LogP contribution in [0.5, 0.6) is 0 Å². The molecule has 0 saturated heterocycles. The van der Waals surface area contributed by atoms with E-state index in [9.17, 15) is 56.8 Å². The molecule has 0 heterocycles. The van der Waals surface area contributed by atoms with Crippen LogP contribution in [0.15, 0.2) is 0 Å². The number of hydrogen-bond donors (Lipinski definition) is 0. The van der Waals surface area contributed by atoms with Crippen LogP contribution in [0, 0.1) is 0 Å². The third-order valence-electron chi connectivity index (χ3n) is 8.91. The molecular formula is C42H96MoO12P6. The Morgan fingerprint density at radius 3 is 0.393 bits per heavy atom. The van der Waals surface area contributed by atoms with E-state index in [2.05, 4.69) is 41.5 Å². The normalized spacial score (nSPS) is 13.2. The molecule has 19 heteroatoms. The van der Waals surface area contributed by atoms with E-state index in [1.165, 1.54) is 116 Å². The van der Waals surface area contributed by atoms with Gasteiger partial charge >= 0.3 is 21.1 Å². The fourth-order valence-corrected chi connectivity index (χ4v) is 8.47. The minimum absolute atomic E-state index is 0. The Balaban J connectivity index is -0.000000114. The van der Waals surface area contributed by atoms with Gasteiger partial charge in [-0.15, -0.1) is 0 Å². The second kappa shape index (κ2) is 73.4. The fraction of sp³-hybridized carbons (Fsp3) is 1.00. The van der Waals surface area contributed by atoms with Gasteiger partial charge in [-0.3, -0.25) is 0 Å². The first-order chi connectivity index (χ1) is 28.6. The predicted octanol–water partition coefficient (Wildman–Crippen LogP) is 10.7. The van der Waals surface area contributed by atoms with Crippen LogP contribution in [0.3, 0.4) is 0 Å². The van der Waals surface area contributed by atoms with Gasteiger partial charge in [-0.05, 0) is 75.5 Å². The first kappa shape index (κ1) is 77.1. The van der Waals surface area contributed by atoms with Gasteiger partial charge in [0.15, 0.2) is 0 Å². The number of rotatable bonds is 36. The standard InChI is InChI=1S/6C7H17O2P.Mo/c6*1-2-3-4-5-6-7-10(8)9;/h6*10H,2-7H2,1H3,(H,8,9);/q;;;;;;+6/p-6. The average molecular weight is 1080 g/mol. The molecule has 61 heavy (non-hydrogen) atoms. The molecule has 12 nitrogen and oxygen atoms in total. The van der Waals surface area contributed by atoms with Crippen molar-refractivity contribution in [3.63, 3.8) is 0 Å². The Morgan fingerprint density at radius 2 is 0.311 bits per heavy atom. The maximum Gasteiger partial charge on any atom is 6.00 e. The van der Waals surface area contributed by atoms with Crippen LogP contribution in [0.4, 0.5) is 0 Å². The van der Waals surface area contributed by atoms with Crippen LogP contribution < -0.4 is 29.4 Å². The van der Waals surface area contributed by atoms with Gasteiger partial charge < -0.3 is 56.8 Å². The summed E-state index contributed by atoms with van der Waals surface area (Å²) in [5.74, 6) is 0. The molecule has 0 amide bonds. The molecule has 0 aliphatic rings. The maximum atomic E-state index is 10.1. The van der Waals surface area contributed by atoms with Gasteiger partial charge in [-0.2, -0.15) is 0 Å². The summed E-state index contributed by atoms with van der Waals surface area (Å²) in [5, 5.41) is 0. The largest absolute Gasteiger partial charge is 6.00 e. The molecule has 0 N–H and O–H groups in total. The second-order valence-electron chi connectivity index (χ2n) is 15.2. The van der Waals surface area contributed by atoms with Gasteiger partial charge in [0.2, 0.25) is 0 Å². The number of hydrogen-bond acceptors (Lipinski definition) is 12. The minimum atomic E-state index is -2.42. The maximum absolute atomic E-state index is 10.1. The van der Waals surface area contributed by atoms with Gasteiger partial charge in [0, 0.05) is 48.2 Å². The Kier molecular flexibility index (Phi) is 92.7. The van der Waals surface area contributed by atoms with E-state index in [0.717, 1.165) is 77.0 Å². The zero-order valence-corrected chi connectivity index (χ0v) is 47.8. The predicted molar refractivity (Wildman–Crippen MR) is 256 cm³/mol. The van der Waals surface area contributed by atoms with Crippen molar-refractivity contribution >= 4 is 48.2 Å². The molecule has 6 unspecified atom stereocenters. The van der Waals surface area contributed by atoms with Crippen molar-refractivity contribution in [3.8, 4) is 0 Å². The molecule has 0 bridgehead atoms. The molecule has 0 aromatic heterocycles. The zero-order valence-electron chi connectivity index (χ0n) is 39.8. The molecule has 372 valence electrons. The summed E-state index contributed by atoms with van der Waals surface area (Å²) in [6.07, 6.45) is 35.9. The Hall–Kier alpha value is 1.83. The quantitative estimate of drug-likeness (QED) is 0.0323. The van der Waals surface area contributed by atoms with Gasteiger partial charge in [0.1, 0.15) is 0 Å². The van der Waals surface area contributed by atoms with Crippen molar-refractivity contribution in [1.29, 1.82) is 0 Å². The Morgan fingerprint density at radius 1 is 0.213 bits per heavy atom. The first-order valence-corrected chi connectivity index (χ1v) is 33.0. The second-order valence-corrected chi connectivity index (χ2v) is 22.7. The molecular weight excluding hydrogens is 978 g/mol. The molecule has 0 spiro atoms. The van der Waals surface area contributed by atoms with Crippen LogP contribution in [-0.2, 0) is 48.5 Å². The third-order valence-corrected chi connectivity index (χ3v) is 13.5. The summed E-state index contributed by atoms with van der Waals surface area (Å²) >= 11 is 0. The van der Waals surface area contributed by atoms with E-state index < -0.39 is 48.2 Å². The van der Waals surface area contributed by atoms with E-state index in [0.29, 0.717) is 37.0 Å². The van der Waals surface area contributed by atoms with Crippen molar-refractivity contribution < 1.29 is 77.8 Å². The smallest absolute Gasteiger partial charge is 0.802 e. The molecule has 0 aliphatic heterocycles. The third kappa shape index (κ3) is 115. The van der Waals surface area contributed by atoms with E-state index >= 15 is 0 Å². The average Bonchev–Trinajstić information content (AvgIpc) is 3.18. The zero-order chi connectivity index (χ0) is 46.9. The van der Waals surface area contributed by atoms with Crippen molar-refractivity contribution in [3.05, 3.63) is 0 Å². The molecule has 0 rings (SSSR count). The van der Waals surface area contributed by atoms with Crippen LogP contribution >= 0.6 is 48.2 Å². The van der Waals surface area contributed by atoms with Crippen LogP contribution in [-0.4, -0.2) is 37.0 Å². The van der Waals surface area contributed by atoms with Crippen LogP contribution in [0.1, 0.15) is 234 Å². The van der Waals surface area contributed by atoms with Gasteiger partial charge in [-0.1, -0.05) is 196 Å². The van der Waals surface area contributed by atoms with Crippen molar-refractivity contribution in [1.82, 2.24) is 0 Å². The summed E-state index contributed by atoms with van der Waals surface area (Å²) in [4.78, 5) is 60.6. The van der Waals surface area contributed by atoms with Crippen molar-refractivity contribution in [2.45, 2.75) is 234 Å². The van der Waals surface area contributed by atoms with E-state index in [4.69, 9.17) is 0 Å². The molecule has 0 aromatic carbocycles. The van der Waals surface area contributed by atoms with Gasteiger partial charge in [0.25, 0.3) is 0 Å². The summed E-state index contributed by atoms with van der Waals surface area (Å²) in [5.41, 5.74) is 0. The van der Waals surface area contributed by atoms with E-state index in [-0.39, 0.29) is 21.1 Å². The molecule has 0 saturated carbocycles. The van der Waals surface area contributed by atoms with E-state index in [1.807, 2.05) is 0 Å². The Bertz CT molecular complexity index is 755. The summed E-state index contributed by atoms with van der Waals surface area (Å²) in [6, 6.07) is 0. The van der Waals surface area contributed by atoms with E-state index in [1.54, 1.807) is 0 Å². The summed E-state index contributed by atoms with van der Waals surface area (Å²) in [7, 11) is -14.5. The summed E-state index contributed by atoms with van der Waals surface area (Å²) < 4.78 is 60.6. The Labute approximate surface area is 395 Å². The first-order valence-electron chi connectivity index (χ1n) is 23.8. The molecule has 0 radical (unpaired) electrons. The van der Waals surface area contributed by atoms with Crippen LogP contribution in [0.2, 0.25) is 0 Å². The van der Waals surface area contributed by atoms with Crippen molar-refractivity contribution in [2.24, 2.45) is 0 Å². The van der Waals surface area contributed by atoms with Gasteiger partial charge in [-0.25, -0.2) is 0 Å².